The van der Waals surface area contributed by atoms with Crippen LogP contribution in [-0.4, -0.2) is 32.0 Å². The van der Waals surface area contributed by atoms with Gasteiger partial charge in [0, 0.05) is 18.3 Å². The van der Waals surface area contributed by atoms with Gasteiger partial charge in [0.25, 0.3) is 0 Å². The molecule has 0 aliphatic heterocycles. The number of nitrogens with one attached hydrogen (secondary N) is 1. The van der Waals surface area contributed by atoms with Crippen LogP contribution in [0.1, 0.15) is 45.4 Å². The molecule has 94 valence electrons. The smallest absolute Gasteiger partial charge is 0.150 e. The molecule has 0 aromatic rings. The molecule has 1 N–H and O–H groups in total. The Morgan fingerprint density at radius 1 is 1.19 bits per heavy atom. The van der Waals surface area contributed by atoms with E-state index < -0.39 is 9.84 Å². The van der Waals surface area contributed by atoms with Crippen LogP contribution < -0.4 is 5.32 Å². The molecule has 0 saturated heterocycles. The molecular formula is C12H23NO2S. The van der Waals surface area contributed by atoms with Crippen molar-refractivity contribution in [2.75, 3.05) is 6.26 Å². The fraction of sp³-hybridized carbons (Fsp3) is 1.00. The number of sulfone groups is 1. The van der Waals surface area contributed by atoms with Gasteiger partial charge in [-0.2, -0.15) is 0 Å². The Morgan fingerprint density at radius 3 is 2.44 bits per heavy atom. The number of hydrogen-bond donors (Lipinski definition) is 1. The van der Waals surface area contributed by atoms with Crippen molar-refractivity contribution in [2.24, 2.45) is 5.92 Å². The van der Waals surface area contributed by atoms with Gasteiger partial charge < -0.3 is 5.32 Å². The van der Waals surface area contributed by atoms with Crippen LogP contribution in [0.2, 0.25) is 0 Å². The van der Waals surface area contributed by atoms with Gasteiger partial charge in [0.1, 0.15) is 9.84 Å². The second-order valence-corrected chi connectivity index (χ2v) is 7.93. The molecule has 2 aliphatic rings. The van der Waals surface area contributed by atoms with Gasteiger partial charge in [-0.05, 0) is 44.9 Å². The Kier molecular flexibility index (Phi) is 3.59. The van der Waals surface area contributed by atoms with Crippen LogP contribution in [0.25, 0.3) is 0 Å². The van der Waals surface area contributed by atoms with E-state index in [4.69, 9.17) is 0 Å². The molecular weight excluding hydrogens is 222 g/mol. The third kappa shape index (κ3) is 3.20. The lowest BCUT2D eigenvalue weighted by atomic mass is 9.94. The van der Waals surface area contributed by atoms with Crippen LogP contribution >= 0.6 is 0 Å². The van der Waals surface area contributed by atoms with E-state index in [1.54, 1.807) is 0 Å². The summed E-state index contributed by atoms with van der Waals surface area (Å²) in [7, 11) is -2.84. The van der Waals surface area contributed by atoms with E-state index in [1.165, 1.54) is 19.1 Å². The van der Waals surface area contributed by atoms with E-state index in [2.05, 4.69) is 12.2 Å². The third-order valence-electron chi connectivity index (χ3n) is 4.06. The first-order valence-electron chi connectivity index (χ1n) is 6.41. The molecule has 2 aliphatic carbocycles. The van der Waals surface area contributed by atoms with Crippen molar-refractivity contribution in [2.45, 2.75) is 62.8 Å². The predicted octanol–water partition coefficient (Wildman–Crippen LogP) is 1.73. The average molecular weight is 245 g/mol. The summed E-state index contributed by atoms with van der Waals surface area (Å²) in [4.78, 5) is 0. The van der Waals surface area contributed by atoms with Gasteiger partial charge in [-0.25, -0.2) is 8.42 Å². The molecule has 0 amide bonds. The van der Waals surface area contributed by atoms with Crippen molar-refractivity contribution < 1.29 is 8.42 Å². The fourth-order valence-electron chi connectivity index (χ4n) is 2.79. The topological polar surface area (TPSA) is 46.2 Å². The second-order valence-electron chi connectivity index (χ2n) is 5.61. The second kappa shape index (κ2) is 4.65. The highest BCUT2D eigenvalue weighted by Crippen LogP contribution is 2.33. The summed E-state index contributed by atoms with van der Waals surface area (Å²) in [5.74, 6) is 0.846. The lowest BCUT2D eigenvalue weighted by molar-refractivity contribution is 0.330. The Labute approximate surface area is 98.9 Å². The molecule has 0 radical (unpaired) electrons. The molecule has 2 saturated carbocycles. The van der Waals surface area contributed by atoms with Gasteiger partial charge in [0.15, 0.2) is 0 Å². The quantitative estimate of drug-likeness (QED) is 0.820. The molecule has 3 unspecified atom stereocenters. The number of rotatable bonds is 4. The minimum atomic E-state index is -2.84. The molecule has 0 bridgehead atoms. The van der Waals surface area contributed by atoms with Gasteiger partial charge in [0.05, 0.1) is 5.25 Å². The van der Waals surface area contributed by atoms with Gasteiger partial charge in [-0.15, -0.1) is 0 Å². The number of hydrogen-bond acceptors (Lipinski definition) is 3. The van der Waals surface area contributed by atoms with Crippen LogP contribution in [0.3, 0.4) is 0 Å². The van der Waals surface area contributed by atoms with Crippen LogP contribution in [0.5, 0.6) is 0 Å². The van der Waals surface area contributed by atoms with Gasteiger partial charge in [0.2, 0.25) is 0 Å². The molecule has 2 rings (SSSR count). The first-order chi connectivity index (χ1) is 7.47. The highest BCUT2D eigenvalue weighted by Gasteiger charge is 2.33. The highest BCUT2D eigenvalue weighted by atomic mass is 32.2. The minimum Gasteiger partial charge on any atom is -0.311 e. The molecule has 16 heavy (non-hydrogen) atoms. The predicted molar refractivity (Wildman–Crippen MR) is 66.2 cm³/mol. The van der Waals surface area contributed by atoms with Gasteiger partial charge in [-0.1, -0.05) is 6.42 Å². The Hall–Kier alpha value is -0.0900. The van der Waals surface area contributed by atoms with Crippen LogP contribution in [0, 0.1) is 5.92 Å². The lowest BCUT2D eigenvalue weighted by Crippen LogP contribution is -2.43. The van der Waals surface area contributed by atoms with E-state index in [0.717, 1.165) is 31.6 Å². The van der Waals surface area contributed by atoms with Crippen LogP contribution in [0.15, 0.2) is 0 Å². The summed E-state index contributed by atoms with van der Waals surface area (Å²) >= 11 is 0. The summed E-state index contributed by atoms with van der Waals surface area (Å²) in [5.41, 5.74) is 0. The van der Waals surface area contributed by atoms with Crippen molar-refractivity contribution in [1.29, 1.82) is 0 Å². The molecule has 4 heteroatoms. The zero-order valence-electron chi connectivity index (χ0n) is 10.3. The maximum atomic E-state index is 11.5. The van der Waals surface area contributed by atoms with E-state index in [9.17, 15) is 8.42 Å². The zero-order chi connectivity index (χ0) is 11.8. The highest BCUT2D eigenvalue weighted by molar-refractivity contribution is 7.91. The van der Waals surface area contributed by atoms with Gasteiger partial charge >= 0.3 is 0 Å². The van der Waals surface area contributed by atoms with Crippen LogP contribution in [0.4, 0.5) is 0 Å². The van der Waals surface area contributed by atoms with Crippen LogP contribution in [-0.2, 0) is 9.84 Å². The largest absolute Gasteiger partial charge is 0.311 e. The average Bonchev–Trinajstić information content (AvgIpc) is 2.99. The van der Waals surface area contributed by atoms with Gasteiger partial charge in [-0.3, -0.25) is 0 Å². The van der Waals surface area contributed by atoms with E-state index in [1.807, 2.05) is 0 Å². The summed E-state index contributed by atoms with van der Waals surface area (Å²) in [6.07, 6.45) is 7.93. The Balaban J connectivity index is 1.86. The zero-order valence-corrected chi connectivity index (χ0v) is 11.1. The molecule has 3 atom stereocenters. The normalized spacial score (nSPS) is 33.6. The standard InChI is InChI=1S/C12H23NO2S/c1-9(10-6-7-10)13-11-4-3-5-12(8-11)16(2,14)15/h9-13H,3-8H2,1-2H3. The van der Waals surface area contributed by atoms with E-state index in [-0.39, 0.29) is 5.25 Å². The molecule has 0 aromatic carbocycles. The molecule has 0 aromatic heterocycles. The summed E-state index contributed by atoms with van der Waals surface area (Å²) < 4.78 is 23.1. The fourth-order valence-corrected chi connectivity index (χ4v) is 3.97. The monoisotopic (exact) mass is 245 g/mol. The maximum absolute atomic E-state index is 11.5. The molecule has 2 fully saturated rings. The summed E-state index contributed by atoms with van der Waals surface area (Å²) in [6, 6.07) is 0.993. The Bertz CT molecular complexity index is 335. The summed E-state index contributed by atoms with van der Waals surface area (Å²) in [6.45, 7) is 2.24. The van der Waals surface area contributed by atoms with Crippen molar-refractivity contribution >= 4 is 9.84 Å². The third-order valence-corrected chi connectivity index (χ3v) is 5.70. The Morgan fingerprint density at radius 2 is 1.88 bits per heavy atom. The minimum absolute atomic E-state index is 0.106. The first kappa shape index (κ1) is 12.4. The molecule has 0 heterocycles. The summed E-state index contributed by atoms with van der Waals surface area (Å²) in [5, 5.41) is 3.51. The molecule has 3 nitrogen and oxygen atoms in total. The molecule has 0 spiro atoms. The van der Waals surface area contributed by atoms with E-state index in [0.29, 0.717) is 12.1 Å². The SMILES string of the molecule is CC(NC1CCCC(S(C)(=O)=O)C1)C1CC1. The van der Waals surface area contributed by atoms with E-state index >= 15 is 0 Å². The van der Waals surface area contributed by atoms with Crippen molar-refractivity contribution in [3.05, 3.63) is 0 Å². The van der Waals surface area contributed by atoms with Crippen molar-refractivity contribution in [1.82, 2.24) is 5.32 Å². The lowest BCUT2D eigenvalue weighted by Gasteiger charge is -2.31. The van der Waals surface area contributed by atoms with Crippen molar-refractivity contribution in [3.63, 3.8) is 0 Å². The van der Waals surface area contributed by atoms with Crippen molar-refractivity contribution in [3.8, 4) is 0 Å². The maximum Gasteiger partial charge on any atom is 0.150 e. The first-order valence-corrected chi connectivity index (χ1v) is 8.37.